The Kier molecular flexibility index (Phi) is 3.60. The maximum Gasteiger partial charge on any atom is 0.229 e. The quantitative estimate of drug-likeness (QED) is 0.809. The van der Waals surface area contributed by atoms with Crippen molar-refractivity contribution in [1.29, 1.82) is 0 Å². The number of carbonyl (C=O) groups is 2. The van der Waals surface area contributed by atoms with Crippen molar-refractivity contribution >= 4 is 17.9 Å². The zero-order chi connectivity index (χ0) is 13.2. The number of benzene rings is 1. The Hall–Kier alpha value is -1.78. The van der Waals surface area contributed by atoms with Gasteiger partial charge in [0.15, 0.2) is 17.9 Å². The standard InChI is InChI=1S/C12H13F2NO2/c1-12(2,3)11(17)15-9-5-4-8(13)10(14)7(9)6-16/h4-6H,1-3H3,(H,15,17). The van der Waals surface area contributed by atoms with Crippen molar-refractivity contribution in [1.82, 2.24) is 0 Å². The molecule has 3 nitrogen and oxygen atoms in total. The van der Waals surface area contributed by atoms with Crippen molar-refractivity contribution in [3.63, 3.8) is 0 Å². The first-order valence-corrected chi connectivity index (χ1v) is 5.02. The topological polar surface area (TPSA) is 46.2 Å². The van der Waals surface area contributed by atoms with Gasteiger partial charge in [-0.25, -0.2) is 8.78 Å². The van der Waals surface area contributed by atoms with Gasteiger partial charge in [0.25, 0.3) is 0 Å². The molecule has 1 amide bonds. The van der Waals surface area contributed by atoms with Gasteiger partial charge in [0.05, 0.1) is 11.3 Å². The molecule has 1 N–H and O–H groups in total. The van der Waals surface area contributed by atoms with Crippen LogP contribution in [0, 0.1) is 17.0 Å². The molecule has 5 heteroatoms. The van der Waals surface area contributed by atoms with E-state index in [1.807, 2.05) is 0 Å². The van der Waals surface area contributed by atoms with Crippen molar-refractivity contribution in [3.05, 3.63) is 29.3 Å². The average Bonchev–Trinajstić information content (AvgIpc) is 2.22. The van der Waals surface area contributed by atoms with Gasteiger partial charge >= 0.3 is 0 Å². The van der Waals surface area contributed by atoms with Gasteiger partial charge < -0.3 is 5.32 Å². The summed E-state index contributed by atoms with van der Waals surface area (Å²) in [6.07, 6.45) is 0.177. The number of amides is 1. The molecular formula is C12H13F2NO2. The summed E-state index contributed by atoms with van der Waals surface area (Å²) >= 11 is 0. The third-order valence-electron chi connectivity index (χ3n) is 2.18. The van der Waals surface area contributed by atoms with Crippen LogP contribution < -0.4 is 5.32 Å². The van der Waals surface area contributed by atoms with Crippen LogP contribution in [0.25, 0.3) is 0 Å². The van der Waals surface area contributed by atoms with E-state index in [-0.39, 0.29) is 17.9 Å². The van der Waals surface area contributed by atoms with Crippen LogP contribution in [0.15, 0.2) is 12.1 Å². The third kappa shape index (κ3) is 2.87. The lowest BCUT2D eigenvalue weighted by molar-refractivity contribution is -0.123. The largest absolute Gasteiger partial charge is 0.325 e. The predicted molar refractivity (Wildman–Crippen MR) is 59.8 cm³/mol. The van der Waals surface area contributed by atoms with Crippen LogP contribution in [0.1, 0.15) is 31.1 Å². The molecule has 0 heterocycles. The summed E-state index contributed by atoms with van der Waals surface area (Å²) in [6, 6.07) is 2.02. The minimum atomic E-state index is -1.26. The number of halogens is 2. The van der Waals surface area contributed by atoms with Crippen LogP contribution in [0.2, 0.25) is 0 Å². The summed E-state index contributed by atoms with van der Waals surface area (Å²) in [5, 5.41) is 2.39. The van der Waals surface area contributed by atoms with Crippen molar-refractivity contribution in [2.24, 2.45) is 5.41 Å². The van der Waals surface area contributed by atoms with Crippen LogP contribution in [0.3, 0.4) is 0 Å². The fourth-order valence-corrected chi connectivity index (χ4v) is 1.10. The van der Waals surface area contributed by atoms with E-state index >= 15 is 0 Å². The Bertz CT molecular complexity index is 464. The van der Waals surface area contributed by atoms with E-state index in [0.29, 0.717) is 0 Å². The molecule has 0 spiro atoms. The highest BCUT2D eigenvalue weighted by molar-refractivity contribution is 5.98. The minimum Gasteiger partial charge on any atom is -0.325 e. The minimum absolute atomic E-state index is 0.0289. The van der Waals surface area contributed by atoms with Crippen molar-refractivity contribution in [2.45, 2.75) is 20.8 Å². The van der Waals surface area contributed by atoms with Crippen LogP contribution in [0.5, 0.6) is 0 Å². The molecule has 0 radical (unpaired) electrons. The molecule has 1 aromatic rings. The molecule has 0 aliphatic carbocycles. The van der Waals surface area contributed by atoms with E-state index in [0.717, 1.165) is 12.1 Å². The highest BCUT2D eigenvalue weighted by atomic mass is 19.2. The molecule has 0 aromatic heterocycles. The summed E-state index contributed by atoms with van der Waals surface area (Å²) in [4.78, 5) is 22.3. The summed E-state index contributed by atoms with van der Waals surface area (Å²) in [5.74, 6) is -2.76. The fraction of sp³-hybridized carbons (Fsp3) is 0.333. The molecule has 0 bridgehead atoms. The van der Waals surface area contributed by atoms with E-state index in [4.69, 9.17) is 0 Å². The Morgan fingerprint density at radius 1 is 1.29 bits per heavy atom. The second-order valence-electron chi connectivity index (χ2n) is 4.64. The second-order valence-corrected chi connectivity index (χ2v) is 4.64. The number of aldehydes is 1. The van der Waals surface area contributed by atoms with Gasteiger partial charge in [-0.3, -0.25) is 9.59 Å². The van der Waals surface area contributed by atoms with E-state index in [1.165, 1.54) is 0 Å². The molecular weight excluding hydrogens is 228 g/mol. The predicted octanol–water partition coefficient (Wildman–Crippen LogP) is 2.76. The number of hydrogen-bond donors (Lipinski definition) is 1. The monoisotopic (exact) mass is 241 g/mol. The number of rotatable bonds is 2. The lowest BCUT2D eigenvalue weighted by Crippen LogP contribution is -2.28. The molecule has 92 valence electrons. The maximum absolute atomic E-state index is 13.3. The zero-order valence-corrected chi connectivity index (χ0v) is 9.80. The Labute approximate surface area is 97.8 Å². The van der Waals surface area contributed by atoms with Crippen LogP contribution in [0.4, 0.5) is 14.5 Å². The van der Waals surface area contributed by atoms with Gasteiger partial charge in [0.2, 0.25) is 5.91 Å². The highest BCUT2D eigenvalue weighted by Gasteiger charge is 2.23. The molecule has 0 atom stereocenters. The van der Waals surface area contributed by atoms with Crippen LogP contribution >= 0.6 is 0 Å². The van der Waals surface area contributed by atoms with E-state index < -0.39 is 22.6 Å². The second kappa shape index (κ2) is 4.61. The number of carbonyl (C=O) groups excluding carboxylic acids is 2. The van der Waals surface area contributed by atoms with Gasteiger partial charge in [-0.15, -0.1) is 0 Å². The molecule has 0 saturated heterocycles. The smallest absolute Gasteiger partial charge is 0.229 e. The SMILES string of the molecule is CC(C)(C)C(=O)Nc1ccc(F)c(F)c1C=O. The highest BCUT2D eigenvalue weighted by Crippen LogP contribution is 2.22. The molecule has 1 rings (SSSR count). The number of hydrogen-bond acceptors (Lipinski definition) is 2. The van der Waals surface area contributed by atoms with Gasteiger partial charge in [-0.05, 0) is 12.1 Å². The molecule has 0 saturated carbocycles. The summed E-state index contributed by atoms with van der Waals surface area (Å²) in [6.45, 7) is 5.01. The zero-order valence-electron chi connectivity index (χ0n) is 9.80. The fourth-order valence-electron chi connectivity index (χ4n) is 1.10. The maximum atomic E-state index is 13.3. The van der Waals surface area contributed by atoms with E-state index in [1.54, 1.807) is 20.8 Å². The normalized spacial score (nSPS) is 11.1. The van der Waals surface area contributed by atoms with Gasteiger partial charge in [-0.2, -0.15) is 0 Å². The molecule has 0 unspecified atom stereocenters. The lowest BCUT2D eigenvalue weighted by Gasteiger charge is -2.18. The first kappa shape index (κ1) is 13.3. The molecule has 0 fully saturated rings. The van der Waals surface area contributed by atoms with E-state index in [9.17, 15) is 18.4 Å². The molecule has 17 heavy (non-hydrogen) atoms. The Morgan fingerprint density at radius 2 is 1.88 bits per heavy atom. The summed E-state index contributed by atoms with van der Waals surface area (Å²) in [5.41, 5.74) is -1.20. The Morgan fingerprint density at radius 3 is 2.35 bits per heavy atom. The van der Waals surface area contributed by atoms with Gasteiger partial charge in [-0.1, -0.05) is 20.8 Å². The first-order chi connectivity index (χ1) is 7.77. The van der Waals surface area contributed by atoms with Crippen molar-refractivity contribution < 1.29 is 18.4 Å². The molecule has 0 aliphatic rings. The lowest BCUT2D eigenvalue weighted by atomic mass is 9.95. The van der Waals surface area contributed by atoms with Crippen molar-refractivity contribution in [2.75, 3.05) is 5.32 Å². The summed E-state index contributed by atoms with van der Waals surface area (Å²) in [7, 11) is 0. The Balaban J connectivity index is 3.12. The average molecular weight is 241 g/mol. The van der Waals surface area contributed by atoms with Crippen LogP contribution in [-0.4, -0.2) is 12.2 Å². The third-order valence-corrected chi connectivity index (χ3v) is 2.18. The number of nitrogens with one attached hydrogen (secondary N) is 1. The first-order valence-electron chi connectivity index (χ1n) is 5.02. The van der Waals surface area contributed by atoms with Crippen LogP contribution in [-0.2, 0) is 4.79 Å². The number of anilines is 1. The van der Waals surface area contributed by atoms with Gasteiger partial charge in [0, 0.05) is 5.41 Å². The van der Waals surface area contributed by atoms with E-state index in [2.05, 4.69) is 5.32 Å². The molecule has 0 aliphatic heterocycles. The summed E-state index contributed by atoms with van der Waals surface area (Å²) < 4.78 is 26.1. The molecule has 1 aromatic carbocycles. The van der Waals surface area contributed by atoms with Crippen molar-refractivity contribution in [3.8, 4) is 0 Å². The van der Waals surface area contributed by atoms with Gasteiger partial charge in [0.1, 0.15) is 0 Å².